The first-order valence-corrected chi connectivity index (χ1v) is 27.4. The summed E-state index contributed by atoms with van der Waals surface area (Å²) < 4.78 is 0. The summed E-state index contributed by atoms with van der Waals surface area (Å²) in [6.45, 7) is 4.06. The fraction of sp³-hybridized carbons (Fsp3) is 0.875. The predicted octanol–water partition coefficient (Wildman–Crippen LogP) is 15.6. The first kappa shape index (κ1) is 60.5. The molecule has 4 atom stereocenters. The summed E-state index contributed by atoms with van der Waals surface area (Å²) in [5.41, 5.74) is 0. The smallest absolute Gasteiger partial charge is 0.249 e. The molecule has 0 aromatic rings. The number of unbranched alkanes of at least 4 members (excludes halogenated alkanes) is 35. The third kappa shape index (κ3) is 43.8. The van der Waals surface area contributed by atoms with Crippen LogP contribution in [0.1, 0.15) is 284 Å². The summed E-state index contributed by atoms with van der Waals surface area (Å²) in [6, 6.07) is -1.00. The van der Waals surface area contributed by atoms with Crippen molar-refractivity contribution < 1.29 is 25.2 Å². The average molecular weight is 874 g/mol. The lowest BCUT2D eigenvalue weighted by molar-refractivity contribution is -0.132. The second-order valence-electron chi connectivity index (χ2n) is 18.9. The van der Waals surface area contributed by atoms with Gasteiger partial charge in [0.15, 0.2) is 0 Å². The minimum Gasteiger partial charge on any atom is -0.394 e. The van der Waals surface area contributed by atoms with E-state index in [0.29, 0.717) is 12.8 Å². The van der Waals surface area contributed by atoms with Gasteiger partial charge < -0.3 is 25.7 Å². The van der Waals surface area contributed by atoms with E-state index in [2.05, 4.69) is 55.6 Å². The summed E-state index contributed by atoms with van der Waals surface area (Å²) in [4.78, 5) is 12.6. The molecule has 0 saturated carbocycles. The largest absolute Gasteiger partial charge is 0.394 e. The van der Waals surface area contributed by atoms with Gasteiger partial charge in [0.2, 0.25) is 5.91 Å². The van der Waals surface area contributed by atoms with Crippen LogP contribution in [0.3, 0.4) is 0 Å². The normalized spacial score (nSPS) is 14.1. The van der Waals surface area contributed by atoms with E-state index in [1.54, 1.807) is 0 Å². The second kappa shape index (κ2) is 50.5. The molecule has 1 amide bonds. The van der Waals surface area contributed by atoms with Crippen LogP contribution in [0.4, 0.5) is 0 Å². The third-order valence-electron chi connectivity index (χ3n) is 12.8. The molecule has 0 spiro atoms. The number of hydrogen-bond donors (Lipinski definition) is 5. The predicted molar refractivity (Wildman–Crippen MR) is 270 cm³/mol. The van der Waals surface area contributed by atoms with Crippen molar-refractivity contribution in [2.75, 3.05) is 6.61 Å². The van der Waals surface area contributed by atoms with Crippen molar-refractivity contribution in [3.63, 3.8) is 0 Å². The van der Waals surface area contributed by atoms with Crippen LogP contribution in [-0.4, -0.2) is 57.3 Å². The van der Waals surface area contributed by atoms with Gasteiger partial charge in [-0.2, -0.15) is 0 Å². The molecule has 0 aromatic heterocycles. The van der Waals surface area contributed by atoms with Crippen molar-refractivity contribution in [2.24, 2.45) is 0 Å². The summed E-state index contributed by atoms with van der Waals surface area (Å²) >= 11 is 0. The van der Waals surface area contributed by atoms with E-state index >= 15 is 0 Å². The topological polar surface area (TPSA) is 110 Å². The van der Waals surface area contributed by atoms with Crippen molar-refractivity contribution in [2.45, 2.75) is 308 Å². The van der Waals surface area contributed by atoms with Gasteiger partial charge in [0.05, 0.1) is 18.8 Å². The highest BCUT2D eigenvalue weighted by Gasteiger charge is 2.28. The number of carbonyl (C=O) groups is 1. The highest BCUT2D eigenvalue weighted by molar-refractivity contribution is 5.80. The van der Waals surface area contributed by atoms with Gasteiger partial charge in [-0.05, 0) is 70.6 Å². The maximum absolute atomic E-state index is 12.6. The molecule has 6 heteroatoms. The Hall–Kier alpha value is -1.47. The first-order chi connectivity index (χ1) is 30.5. The van der Waals surface area contributed by atoms with Gasteiger partial charge in [-0.15, -0.1) is 0 Å². The van der Waals surface area contributed by atoms with E-state index in [1.165, 1.54) is 212 Å². The van der Waals surface area contributed by atoms with Gasteiger partial charge in [-0.1, -0.05) is 249 Å². The molecule has 5 N–H and O–H groups in total. The monoisotopic (exact) mass is 874 g/mol. The molecule has 0 radical (unpaired) electrons. The van der Waals surface area contributed by atoms with Gasteiger partial charge in [-0.3, -0.25) is 4.79 Å². The summed E-state index contributed by atoms with van der Waals surface area (Å²) in [5, 5.41) is 43.9. The Labute approximate surface area is 386 Å². The molecule has 0 aliphatic carbocycles. The Morgan fingerprint density at radius 1 is 0.403 bits per heavy atom. The minimum absolute atomic E-state index is 0.363. The molecule has 6 nitrogen and oxygen atoms in total. The Morgan fingerprint density at radius 2 is 0.710 bits per heavy atom. The number of rotatable bonds is 50. The maximum atomic E-state index is 12.6. The van der Waals surface area contributed by atoms with E-state index < -0.39 is 36.9 Å². The lowest BCUT2D eigenvalue weighted by Crippen LogP contribution is -2.53. The Balaban J connectivity index is 3.63. The Kier molecular flexibility index (Phi) is 49.3. The summed E-state index contributed by atoms with van der Waals surface area (Å²) in [5.74, 6) is -0.592. The number of aliphatic hydroxyl groups is 4. The van der Waals surface area contributed by atoms with E-state index in [0.717, 1.165) is 44.9 Å². The molecule has 0 fully saturated rings. The zero-order chi connectivity index (χ0) is 45.2. The average Bonchev–Trinajstić information content (AvgIpc) is 3.28. The third-order valence-corrected chi connectivity index (χ3v) is 12.8. The molecular formula is C56H107NO5. The van der Waals surface area contributed by atoms with Crippen molar-refractivity contribution in [1.29, 1.82) is 0 Å². The number of aliphatic hydroxyl groups excluding tert-OH is 4. The van der Waals surface area contributed by atoms with Gasteiger partial charge in [0.25, 0.3) is 0 Å². The SMILES string of the molecule is CCCCCCCCCCC/C=C\C/C=C\CCCCCCCCCCCCCCCCC(O)C(=O)NC(CO)C(O)C(O)CCC/C=C/CCCCCCCCCCCCC. The molecule has 0 aliphatic rings. The Bertz CT molecular complexity index is 981. The fourth-order valence-electron chi connectivity index (χ4n) is 8.50. The molecule has 0 heterocycles. The van der Waals surface area contributed by atoms with E-state index in [4.69, 9.17) is 0 Å². The zero-order valence-electron chi connectivity index (χ0n) is 41.4. The quantitative estimate of drug-likeness (QED) is 0.0309. The van der Waals surface area contributed by atoms with Crippen LogP contribution in [0.25, 0.3) is 0 Å². The van der Waals surface area contributed by atoms with Crippen molar-refractivity contribution in [1.82, 2.24) is 5.32 Å². The van der Waals surface area contributed by atoms with Gasteiger partial charge in [0.1, 0.15) is 12.2 Å². The highest BCUT2D eigenvalue weighted by atomic mass is 16.3. The van der Waals surface area contributed by atoms with E-state index in [9.17, 15) is 25.2 Å². The van der Waals surface area contributed by atoms with Crippen LogP contribution < -0.4 is 5.32 Å². The highest BCUT2D eigenvalue weighted by Crippen LogP contribution is 2.17. The van der Waals surface area contributed by atoms with Crippen LogP contribution in [0, 0.1) is 0 Å². The number of amides is 1. The van der Waals surface area contributed by atoms with Crippen molar-refractivity contribution >= 4 is 5.91 Å². The number of carbonyl (C=O) groups excluding carboxylic acids is 1. The summed E-state index contributed by atoms with van der Waals surface area (Å²) in [7, 11) is 0. The van der Waals surface area contributed by atoms with Crippen LogP contribution >= 0.6 is 0 Å². The molecule has 0 rings (SSSR count). The lowest BCUT2D eigenvalue weighted by Gasteiger charge is -2.27. The maximum Gasteiger partial charge on any atom is 0.249 e. The zero-order valence-corrected chi connectivity index (χ0v) is 41.4. The van der Waals surface area contributed by atoms with Crippen molar-refractivity contribution in [3.05, 3.63) is 36.5 Å². The van der Waals surface area contributed by atoms with Crippen LogP contribution in [0.2, 0.25) is 0 Å². The van der Waals surface area contributed by atoms with Crippen LogP contribution in [0.5, 0.6) is 0 Å². The number of hydrogen-bond acceptors (Lipinski definition) is 5. The van der Waals surface area contributed by atoms with Crippen molar-refractivity contribution in [3.8, 4) is 0 Å². The molecule has 0 bridgehead atoms. The molecule has 0 aliphatic heterocycles. The minimum atomic E-state index is -1.28. The molecule has 0 aromatic carbocycles. The van der Waals surface area contributed by atoms with E-state index in [1.807, 2.05) is 0 Å². The number of nitrogens with one attached hydrogen (secondary N) is 1. The standard InChI is InChI=1S/C56H107NO5/c1-3-5-7-9-11-13-15-17-19-21-22-23-24-25-26-27-28-29-30-31-32-33-34-36-38-40-42-44-46-48-50-54(60)56(62)57-52(51-58)55(61)53(59)49-47-45-43-41-39-37-35-20-18-16-14-12-10-8-6-4-2/h22-23,25-26,41,43,52-55,58-61H,3-21,24,27-40,42,44-51H2,1-2H3,(H,57,62)/b23-22-,26-25-,43-41+. The first-order valence-electron chi connectivity index (χ1n) is 27.4. The van der Waals surface area contributed by atoms with Gasteiger partial charge in [0, 0.05) is 0 Å². The van der Waals surface area contributed by atoms with Gasteiger partial charge >= 0.3 is 0 Å². The van der Waals surface area contributed by atoms with E-state index in [-0.39, 0.29) is 0 Å². The summed E-state index contributed by atoms with van der Waals surface area (Å²) in [6.07, 6.45) is 62.1. The molecular weight excluding hydrogens is 767 g/mol. The molecule has 0 saturated heterocycles. The van der Waals surface area contributed by atoms with Gasteiger partial charge in [-0.25, -0.2) is 0 Å². The number of allylic oxidation sites excluding steroid dienone is 6. The molecule has 62 heavy (non-hydrogen) atoms. The lowest BCUT2D eigenvalue weighted by atomic mass is 10.00. The van der Waals surface area contributed by atoms with Crippen LogP contribution in [0.15, 0.2) is 36.5 Å². The molecule has 366 valence electrons. The second-order valence-corrected chi connectivity index (χ2v) is 18.9. The van der Waals surface area contributed by atoms with Crippen LogP contribution in [-0.2, 0) is 4.79 Å². The molecule has 4 unspecified atom stereocenters. The Morgan fingerprint density at radius 3 is 1.06 bits per heavy atom. The fourth-order valence-corrected chi connectivity index (χ4v) is 8.50.